The minimum absolute atomic E-state index is 0.0222. The van der Waals surface area contributed by atoms with Crippen LogP contribution in [0.5, 0.6) is 0 Å². The van der Waals surface area contributed by atoms with Crippen molar-refractivity contribution in [2.24, 2.45) is 5.73 Å². The number of nitrogens with one attached hydrogen (secondary N) is 1. The van der Waals surface area contributed by atoms with Gasteiger partial charge in [0.2, 0.25) is 5.89 Å². The summed E-state index contributed by atoms with van der Waals surface area (Å²) in [6.07, 6.45) is 0.594. The van der Waals surface area contributed by atoms with Gasteiger partial charge in [0, 0.05) is 39.1 Å². The number of nitrogens with two attached hydrogens (primary N) is 1. The van der Waals surface area contributed by atoms with Crippen LogP contribution in [0.15, 0.2) is 4.42 Å². The SMILES string of the molecule is NCCc1nnc(N2CCN3C(=O)NCC3C2)o1. The third-order valence-corrected chi connectivity index (χ3v) is 3.32. The average molecular weight is 252 g/mol. The zero-order chi connectivity index (χ0) is 12.5. The van der Waals surface area contributed by atoms with Crippen molar-refractivity contribution in [1.29, 1.82) is 0 Å². The van der Waals surface area contributed by atoms with Gasteiger partial charge in [0.25, 0.3) is 0 Å². The molecule has 2 aliphatic rings. The van der Waals surface area contributed by atoms with Gasteiger partial charge in [-0.05, 0) is 0 Å². The van der Waals surface area contributed by atoms with E-state index in [1.807, 2.05) is 9.80 Å². The van der Waals surface area contributed by atoms with Gasteiger partial charge in [-0.3, -0.25) is 0 Å². The maximum absolute atomic E-state index is 11.5. The van der Waals surface area contributed by atoms with Crippen LogP contribution in [0.1, 0.15) is 5.89 Å². The Morgan fingerprint density at radius 3 is 3.17 bits per heavy atom. The fraction of sp³-hybridized carbons (Fsp3) is 0.700. The van der Waals surface area contributed by atoms with E-state index >= 15 is 0 Å². The second-order valence-electron chi connectivity index (χ2n) is 4.50. The summed E-state index contributed by atoms with van der Waals surface area (Å²) >= 11 is 0. The highest BCUT2D eigenvalue weighted by molar-refractivity contribution is 5.77. The number of nitrogens with zero attached hydrogens (tertiary/aromatic N) is 4. The van der Waals surface area contributed by atoms with E-state index in [-0.39, 0.29) is 12.1 Å². The van der Waals surface area contributed by atoms with E-state index in [4.69, 9.17) is 10.2 Å². The first-order chi connectivity index (χ1) is 8.78. The number of hydrogen-bond acceptors (Lipinski definition) is 6. The zero-order valence-electron chi connectivity index (χ0n) is 10.0. The summed E-state index contributed by atoms with van der Waals surface area (Å²) in [5.74, 6) is 0.565. The number of carbonyl (C=O) groups is 1. The Bertz CT molecular complexity index is 447. The predicted molar refractivity (Wildman–Crippen MR) is 63.2 cm³/mol. The van der Waals surface area contributed by atoms with E-state index in [1.54, 1.807) is 0 Å². The zero-order valence-corrected chi connectivity index (χ0v) is 10.0. The number of urea groups is 1. The van der Waals surface area contributed by atoms with Crippen molar-refractivity contribution in [2.75, 3.05) is 37.6 Å². The Balaban J connectivity index is 1.68. The molecule has 3 heterocycles. The van der Waals surface area contributed by atoms with Gasteiger partial charge in [-0.25, -0.2) is 4.79 Å². The molecule has 1 aromatic heterocycles. The van der Waals surface area contributed by atoms with Crippen LogP contribution in [-0.2, 0) is 6.42 Å². The first kappa shape index (κ1) is 11.3. The molecule has 0 bridgehead atoms. The second kappa shape index (κ2) is 4.45. The molecule has 0 spiro atoms. The first-order valence-electron chi connectivity index (χ1n) is 6.10. The predicted octanol–water partition coefficient (Wildman–Crippen LogP) is -1.22. The highest BCUT2D eigenvalue weighted by Gasteiger charge is 2.36. The molecule has 0 saturated carbocycles. The van der Waals surface area contributed by atoms with Crippen LogP contribution >= 0.6 is 0 Å². The molecule has 18 heavy (non-hydrogen) atoms. The minimum Gasteiger partial charge on any atom is -0.408 e. The van der Waals surface area contributed by atoms with Crippen molar-refractivity contribution in [3.8, 4) is 0 Å². The van der Waals surface area contributed by atoms with E-state index in [0.717, 1.165) is 6.54 Å². The maximum Gasteiger partial charge on any atom is 0.318 e. The van der Waals surface area contributed by atoms with E-state index < -0.39 is 0 Å². The molecule has 98 valence electrons. The molecule has 8 heteroatoms. The number of carbonyl (C=O) groups excluding carboxylic acids is 1. The Morgan fingerprint density at radius 1 is 1.44 bits per heavy atom. The van der Waals surface area contributed by atoms with Gasteiger partial charge in [0.15, 0.2) is 0 Å². The third-order valence-electron chi connectivity index (χ3n) is 3.32. The van der Waals surface area contributed by atoms with Gasteiger partial charge in [-0.2, -0.15) is 0 Å². The fourth-order valence-electron chi connectivity index (χ4n) is 2.37. The lowest BCUT2D eigenvalue weighted by Gasteiger charge is -2.35. The topological polar surface area (TPSA) is 101 Å². The van der Waals surface area contributed by atoms with Crippen molar-refractivity contribution in [1.82, 2.24) is 20.4 Å². The smallest absolute Gasteiger partial charge is 0.318 e. The van der Waals surface area contributed by atoms with Crippen molar-refractivity contribution in [2.45, 2.75) is 12.5 Å². The second-order valence-corrected chi connectivity index (χ2v) is 4.50. The van der Waals surface area contributed by atoms with Crippen LogP contribution in [-0.4, -0.2) is 59.9 Å². The number of hydrogen-bond donors (Lipinski definition) is 2. The molecule has 2 amide bonds. The molecule has 1 unspecified atom stereocenters. The molecule has 3 rings (SSSR count). The van der Waals surface area contributed by atoms with Gasteiger partial charge in [0.1, 0.15) is 0 Å². The molecule has 0 aromatic carbocycles. The molecule has 3 N–H and O–H groups in total. The number of piperazine rings is 1. The fourth-order valence-corrected chi connectivity index (χ4v) is 2.37. The third kappa shape index (κ3) is 1.88. The summed E-state index contributed by atoms with van der Waals surface area (Å²) in [6, 6.07) is 0.738. The molecule has 2 aliphatic heterocycles. The van der Waals surface area contributed by atoms with E-state index in [2.05, 4.69) is 15.5 Å². The molecule has 2 fully saturated rings. The van der Waals surface area contributed by atoms with Crippen LogP contribution in [0.3, 0.4) is 0 Å². The van der Waals surface area contributed by atoms with Crippen molar-refractivity contribution in [3.05, 3.63) is 5.89 Å². The van der Waals surface area contributed by atoms with E-state index in [9.17, 15) is 4.79 Å². The van der Waals surface area contributed by atoms with Crippen LogP contribution in [0.2, 0.25) is 0 Å². The number of fused-ring (bicyclic) bond motifs is 1. The number of anilines is 1. The summed E-state index contributed by atoms with van der Waals surface area (Å²) in [7, 11) is 0. The standard InChI is InChI=1S/C10H16N6O2/c11-2-1-8-13-14-10(18-8)15-3-4-16-7(6-15)5-12-9(16)17/h7H,1-6,11H2,(H,12,17). The molecule has 1 atom stereocenters. The number of amides is 2. The molecular weight excluding hydrogens is 236 g/mol. The van der Waals surface area contributed by atoms with Crippen LogP contribution in [0, 0.1) is 0 Å². The summed E-state index contributed by atoms with van der Waals surface area (Å²) in [5.41, 5.74) is 5.44. The average Bonchev–Trinajstić information content (AvgIpc) is 2.97. The maximum atomic E-state index is 11.5. The van der Waals surface area contributed by atoms with Crippen molar-refractivity contribution < 1.29 is 9.21 Å². The van der Waals surface area contributed by atoms with Gasteiger partial charge in [-0.1, -0.05) is 5.10 Å². The minimum atomic E-state index is 0.0222. The summed E-state index contributed by atoms with van der Waals surface area (Å²) < 4.78 is 5.54. The van der Waals surface area contributed by atoms with E-state index in [0.29, 0.717) is 44.5 Å². The lowest BCUT2D eigenvalue weighted by Crippen LogP contribution is -2.52. The van der Waals surface area contributed by atoms with Crippen molar-refractivity contribution >= 4 is 12.0 Å². The van der Waals surface area contributed by atoms with Crippen molar-refractivity contribution in [3.63, 3.8) is 0 Å². The van der Waals surface area contributed by atoms with E-state index in [1.165, 1.54) is 0 Å². The number of aromatic nitrogens is 2. The van der Waals surface area contributed by atoms with Crippen LogP contribution in [0.25, 0.3) is 0 Å². The summed E-state index contributed by atoms with van der Waals surface area (Å²) in [5, 5.41) is 10.8. The molecule has 0 radical (unpaired) electrons. The normalized spacial score (nSPS) is 23.2. The van der Waals surface area contributed by atoms with Gasteiger partial charge in [0.05, 0.1) is 6.04 Å². The Hall–Kier alpha value is -1.83. The molecule has 2 saturated heterocycles. The lowest BCUT2D eigenvalue weighted by molar-refractivity contribution is 0.196. The summed E-state index contributed by atoms with van der Waals surface area (Å²) in [6.45, 7) is 3.30. The summed E-state index contributed by atoms with van der Waals surface area (Å²) in [4.78, 5) is 15.3. The first-order valence-corrected chi connectivity index (χ1v) is 6.10. The lowest BCUT2D eigenvalue weighted by atomic mass is 10.2. The Morgan fingerprint density at radius 2 is 2.33 bits per heavy atom. The molecule has 0 aliphatic carbocycles. The Kier molecular flexibility index (Phi) is 2.78. The Labute approximate surface area is 104 Å². The van der Waals surface area contributed by atoms with Gasteiger partial charge < -0.3 is 25.3 Å². The quantitative estimate of drug-likeness (QED) is 0.699. The van der Waals surface area contributed by atoms with Gasteiger partial charge in [-0.15, -0.1) is 5.10 Å². The highest BCUT2D eigenvalue weighted by Crippen LogP contribution is 2.20. The monoisotopic (exact) mass is 252 g/mol. The molecule has 8 nitrogen and oxygen atoms in total. The number of rotatable bonds is 3. The van der Waals surface area contributed by atoms with Gasteiger partial charge >= 0.3 is 12.0 Å². The highest BCUT2D eigenvalue weighted by atomic mass is 16.4. The van der Waals surface area contributed by atoms with Crippen LogP contribution < -0.4 is 16.0 Å². The largest absolute Gasteiger partial charge is 0.408 e. The van der Waals surface area contributed by atoms with Crippen LogP contribution in [0.4, 0.5) is 10.8 Å². The molecular formula is C10H16N6O2. The molecule has 1 aromatic rings.